The van der Waals surface area contributed by atoms with Crippen LogP contribution in [0, 0.1) is 12.8 Å². The third-order valence-electron chi connectivity index (χ3n) is 8.94. The van der Waals surface area contributed by atoms with Crippen LogP contribution in [0.1, 0.15) is 72.3 Å². The van der Waals surface area contributed by atoms with Crippen molar-refractivity contribution in [1.29, 1.82) is 0 Å². The zero-order valence-electron chi connectivity index (χ0n) is 24.6. The predicted molar refractivity (Wildman–Crippen MR) is 161 cm³/mol. The monoisotopic (exact) mass is 547 g/mol. The summed E-state index contributed by atoms with van der Waals surface area (Å²) in [6, 6.07) is 9.86. The molecule has 2 aromatic carbocycles. The highest BCUT2D eigenvalue weighted by molar-refractivity contribution is 5.99. The molecule has 0 bridgehead atoms. The van der Waals surface area contributed by atoms with Crippen LogP contribution in [-0.4, -0.2) is 68.0 Å². The van der Waals surface area contributed by atoms with E-state index in [-0.39, 0.29) is 5.92 Å². The van der Waals surface area contributed by atoms with Crippen LogP contribution < -0.4 is 14.8 Å². The summed E-state index contributed by atoms with van der Waals surface area (Å²) < 4.78 is 15.0. The van der Waals surface area contributed by atoms with E-state index in [0.29, 0.717) is 18.1 Å². The zero-order valence-corrected chi connectivity index (χ0v) is 24.6. The van der Waals surface area contributed by atoms with Crippen LogP contribution in [0.15, 0.2) is 30.3 Å². The SMILES string of the molecule is CNCCCN(C)CC[C@H]1COc2c(OC)ccc(C)c2-c2c(C3CCCCC3)c3ccc(C(=O)O)cc3n2C1. The Morgan fingerprint density at radius 3 is 2.70 bits per heavy atom. The Balaban J connectivity index is 1.67. The highest BCUT2D eigenvalue weighted by Crippen LogP contribution is 2.50. The lowest BCUT2D eigenvalue weighted by Gasteiger charge is -2.30. The summed E-state index contributed by atoms with van der Waals surface area (Å²) >= 11 is 0. The summed E-state index contributed by atoms with van der Waals surface area (Å²) in [5.41, 5.74) is 6.16. The largest absolute Gasteiger partial charge is 0.493 e. The summed E-state index contributed by atoms with van der Waals surface area (Å²) in [6.45, 7) is 6.59. The second kappa shape index (κ2) is 12.6. The number of nitrogens with zero attached hydrogens (tertiary/aromatic N) is 2. The van der Waals surface area contributed by atoms with Crippen molar-refractivity contribution in [1.82, 2.24) is 14.8 Å². The average molecular weight is 548 g/mol. The van der Waals surface area contributed by atoms with Crippen LogP contribution in [-0.2, 0) is 6.54 Å². The van der Waals surface area contributed by atoms with E-state index in [0.717, 1.165) is 80.0 Å². The number of aromatic nitrogens is 1. The van der Waals surface area contributed by atoms with Gasteiger partial charge in [-0.1, -0.05) is 31.4 Å². The predicted octanol–water partition coefficient (Wildman–Crippen LogP) is 6.31. The molecule has 0 unspecified atom stereocenters. The van der Waals surface area contributed by atoms with Gasteiger partial charge in [0.15, 0.2) is 11.5 Å². The number of carboxylic acids is 1. The number of fused-ring (bicyclic) bond motifs is 5. The van der Waals surface area contributed by atoms with Gasteiger partial charge in [0, 0.05) is 28.9 Å². The molecular weight excluding hydrogens is 502 g/mol. The van der Waals surface area contributed by atoms with Crippen molar-refractivity contribution in [2.75, 3.05) is 47.4 Å². The second-order valence-electron chi connectivity index (χ2n) is 11.8. The van der Waals surface area contributed by atoms with Gasteiger partial charge in [0.25, 0.3) is 0 Å². The summed E-state index contributed by atoms with van der Waals surface area (Å²) in [5.74, 6) is 1.39. The van der Waals surface area contributed by atoms with Crippen molar-refractivity contribution in [3.05, 3.63) is 47.0 Å². The normalized spacial score (nSPS) is 17.7. The van der Waals surface area contributed by atoms with Crippen LogP contribution in [0.25, 0.3) is 22.2 Å². The number of rotatable bonds is 10. The Labute approximate surface area is 238 Å². The zero-order chi connectivity index (χ0) is 28.2. The third-order valence-corrected chi connectivity index (χ3v) is 8.94. The van der Waals surface area contributed by atoms with Crippen molar-refractivity contribution >= 4 is 16.9 Å². The first-order chi connectivity index (χ1) is 19.4. The van der Waals surface area contributed by atoms with Gasteiger partial charge in [0.2, 0.25) is 0 Å². The summed E-state index contributed by atoms with van der Waals surface area (Å²) in [6.07, 6.45) is 8.17. The van der Waals surface area contributed by atoms with Crippen molar-refractivity contribution < 1.29 is 19.4 Å². The van der Waals surface area contributed by atoms with Crippen molar-refractivity contribution in [3.63, 3.8) is 0 Å². The number of nitrogens with one attached hydrogen (secondary N) is 1. The van der Waals surface area contributed by atoms with Crippen molar-refractivity contribution in [2.45, 2.75) is 64.3 Å². The van der Waals surface area contributed by atoms with Crippen molar-refractivity contribution in [3.8, 4) is 22.8 Å². The maximum atomic E-state index is 12.1. The average Bonchev–Trinajstić information content (AvgIpc) is 3.25. The molecule has 216 valence electrons. The van der Waals surface area contributed by atoms with Gasteiger partial charge in [-0.3, -0.25) is 0 Å². The molecular formula is C33H45N3O4. The molecule has 0 saturated heterocycles. The van der Waals surface area contributed by atoms with Gasteiger partial charge >= 0.3 is 5.97 Å². The van der Waals surface area contributed by atoms with Crippen LogP contribution >= 0.6 is 0 Å². The molecule has 1 atom stereocenters. The minimum Gasteiger partial charge on any atom is -0.493 e. The van der Waals surface area contributed by atoms with E-state index < -0.39 is 5.97 Å². The molecule has 3 aromatic rings. The molecule has 5 rings (SSSR count). The molecule has 2 aliphatic rings. The van der Waals surface area contributed by atoms with Gasteiger partial charge in [0.1, 0.15) is 0 Å². The standard InChI is InChI=1S/C33H45N3O4/c1-22-11-14-28(39-4)32-29(22)31-30(24-9-6-5-7-10-24)26-13-12-25(33(37)38)19-27(26)36(31)20-23(21-40-32)15-18-35(3)17-8-16-34-2/h11-14,19,23-24,34H,5-10,15-18,20-21H2,1-4H3,(H,37,38)/t23-/m1/s1. The molecule has 7 heteroatoms. The first-order valence-electron chi connectivity index (χ1n) is 15.0. The molecule has 2 heterocycles. The first kappa shape index (κ1) is 28.5. The number of carbonyl (C=O) groups is 1. The highest BCUT2D eigenvalue weighted by atomic mass is 16.5. The van der Waals surface area contributed by atoms with Gasteiger partial charge in [-0.2, -0.15) is 0 Å². The molecule has 7 nitrogen and oxygen atoms in total. The lowest BCUT2D eigenvalue weighted by Crippen LogP contribution is -2.29. The molecule has 1 aliphatic carbocycles. The van der Waals surface area contributed by atoms with E-state index in [1.54, 1.807) is 13.2 Å². The molecule has 1 aliphatic heterocycles. The maximum Gasteiger partial charge on any atom is 0.335 e. The van der Waals surface area contributed by atoms with Gasteiger partial charge in [-0.05, 0) is 102 Å². The van der Waals surface area contributed by atoms with E-state index in [2.05, 4.69) is 40.9 Å². The smallest absolute Gasteiger partial charge is 0.335 e. The van der Waals surface area contributed by atoms with Crippen LogP contribution in [0.2, 0.25) is 0 Å². The number of hydrogen-bond acceptors (Lipinski definition) is 5. The van der Waals surface area contributed by atoms with Gasteiger partial charge in [-0.15, -0.1) is 0 Å². The molecule has 0 radical (unpaired) electrons. The van der Waals surface area contributed by atoms with Crippen LogP contribution in [0.4, 0.5) is 0 Å². The quantitative estimate of drug-likeness (QED) is 0.290. The van der Waals surface area contributed by atoms with E-state index >= 15 is 0 Å². The van der Waals surface area contributed by atoms with E-state index in [1.165, 1.54) is 35.9 Å². The fraction of sp³-hybridized carbons (Fsp3) is 0.545. The Morgan fingerprint density at radius 2 is 1.98 bits per heavy atom. The maximum absolute atomic E-state index is 12.1. The first-order valence-corrected chi connectivity index (χ1v) is 15.0. The van der Waals surface area contributed by atoms with Gasteiger partial charge in [0.05, 0.1) is 25.0 Å². The van der Waals surface area contributed by atoms with Gasteiger partial charge in [-0.25, -0.2) is 4.79 Å². The Morgan fingerprint density at radius 1 is 1.18 bits per heavy atom. The third kappa shape index (κ3) is 5.72. The number of benzene rings is 2. The van der Waals surface area contributed by atoms with Crippen LogP contribution in [0.5, 0.6) is 11.5 Å². The number of ether oxygens (including phenoxy) is 2. The summed E-state index contributed by atoms with van der Waals surface area (Å²) in [7, 11) is 5.90. The minimum atomic E-state index is -0.885. The topological polar surface area (TPSA) is 76.0 Å². The van der Waals surface area contributed by atoms with E-state index in [1.807, 2.05) is 19.2 Å². The fourth-order valence-electron chi connectivity index (χ4n) is 6.76. The summed E-state index contributed by atoms with van der Waals surface area (Å²) in [5, 5.41) is 14.3. The van der Waals surface area contributed by atoms with E-state index in [4.69, 9.17) is 9.47 Å². The molecule has 40 heavy (non-hydrogen) atoms. The minimum absolute atomic E-state index is 0.271. The molecule has 1 fully saturated rings. The van der Waals surface area contributed by atoms with Crippen molar-refractivity contribution in [2.24, 2.45) is 5.92 Å². The van der Waals surface area contributed by atoms with Crippen LogP contribution in [0.3, 0.4) is 0 Å². The number of carboxylic acid groups (broad SMARTS) is 1. The summed E-state index contributed by atoms with van der Waals surface area (Å²) in [4.78, 5) is 14.5. The number of aryl methyl sites for hydroxylation is 1. The number of aromatic carboxylic acids is 1. The Kier molecular flexibility index (Phi) is 9.01. The molecule has 0 spiro atoms. The molecule has 0 amide bonds. The Bertz CT molecular complexity index is 1340. The molecule has 1 saturated carbocycles. The lowest BCUT2D eigenvalue weighted by molar-refractivity contribution is 0.0697. The van der Waals surface area contributed by atoms with Gasteiger partial charge < -0.3 is 29.4 Å². The van der Waals surface area contributed by atoms with E-state index in [9.17, 15) is 9.90 Å². The second-order valence-corrected chi connectivity index (χ2v) is 11.8. The number of hydrogen-bond donors (Lipinski definition) is 2. The number of methoxy groups -OCH3 is 1. The molecule has 2 N–H and O–H groups in total. The Hall–Kier alpha value is -3.03. The molecule has 1 aromatic heterocycles. The fourth-order valence-corrected chi connectivity index (χ4v) is 6.76. The lowest BCUT2D eigenvalue weighted by atomic mass is 9.81. The highest BCUT2D eigenvalue weighted by Gasteiger charge is 2.32.